The van der Waals surface area contributed by atoms with Crippen molar-refractivity contribution in [2.24, 2.45) is 0 Å². The third-order valence-electron chi connectivity index (χ3n) is 3.55. The van der Waals surface area contributed by atoms with Crippen LogP contribution in [-0.4, -0.2) is 74.1 Å². The van der Waals surface area contributed by atoms with Gasteiger partial charge in [-0.05, 0) is 0 Å². The van der Waals surface area contributed by atoms with Crippen LogP contribution in [0.1, 0.15) is 6.23 Å². The Morgan fingerprint density at radius 3 is 2.67 bits per heavy atom. The molecule has 1 unspecified atom stereocenters. The Labute approximate surface area is 120 Å². The van der Waals surface area contributed by atoms with E-state index in [4.69, 9.17) is 9.84 Å². The maximum atomic E-state index is 10.1. The summed E-state index contributed by atoms with van der Waals surface area (Å²) in [6.45, 7) is -0.383. The highest BCUT2D eigenvalue weighted by Crippen LogP contribution is 2.32. The van der Waals surface area contributed by atoms with E-state index in [1.165, 1.54) is 11.0 Å². The van der Waals surface area contributed by atoms with E-state index in [9.17, 15) is 10.2 Å². The van der Waals surface area contributed by atoms with Crippen LogP contribution in [0.5, 0.6) is 0 Å². The van der Waals surface area contributed by atoms with E-state index in [-0.39, 0.29) is 6.61 Å². The van der Waals surface area contributed by atoms with Crippen molar-refractivity contribution in [2.75, 3.05) is 25.6 Å². The van der Waals surface area contributed by atoms with Gasteiger partial charge < -0.3 is 25.0 Å². The Bertz CT molecular complexity index is 646. The summed E-state index contributed by atoms with van der Waals surface area (Å²) in [5, 5.41) is 33.9. The second kappa shape index (κ2) is 5.19. The van der Waals surface area contributed by atoms with Gasteiger partial charge in [-0.25, -0.2) is 14.6 Å². The number of aliphatic hydroxyl groups is 3. The molecule has 1 aliphatic heterocycles. The maximum absolute atomic E-state index is 10.1. The first-order valence-electron chi connectivity index (χ1n) is 6.52. The lowest BCUT2D eigenvalue weighted by Crippen LogP contribution is -2.33. The zero-order valence-electron chi connectivity index (χ0n) is 11.7. The van der Waals surface area contributed by atoms with E-state index < -0.39 is 24.5 Å². The van der Waals surface area contributed by atoms with Crippen molar-refractivity contribution in [1.29, 1.82) is 0 Å². The number of aliphatic hydroxyl groups excluding tert-OH is 3. The second-order valence-corrected chi connectivity index (χ2v) is 5.15. The van der Waals surface area contributed by atoms with Gasteiger partial charge in [0.1, 0.15) is 30.5 Å². The summed E-state index contributed by atoms with van der Waals surface area (Å²) in [6.07, 6.45) is -1.13. The Hall–Kier alpha value is -1.81. The molecule has 114 valence electrons. The lowest BCUT2D eigenvalue weighted by atomic mass is 10.1. The lowest BCUT2D eigenvalue weighted by Gasteiger charge is -2.16. The first-order valence-corrected chi connectivity index (χ1v) is 6.52. The van der Waals surface area contributed by atoms with Gasteiger partial charge in [-0.2, -0.15) is 5.10 Å². The number of rotatable bonds is 3. The van der Waals surface area contributed by atoms with Gasteiger partial charge in [0.05, 0.1) is 18.2 Å². The van der Waals surface area contributed by atoms with E-state index >= 15 is 0 Å². The van der Waals surface area contributed by atoms with Gasteiger partial charge in [0, 0.05) is 14.1 Å². The molecular weight excluding hydrogens is 278 g/mol. The Balaban J connectivity index is 2.04. The average Bonchev–Trinajstić information content (AvgIpc) is 3.01. The standard InChI is InChI=1S/C12H17N5O4/c1-16(2)10-6-3-15-17(11(6)14-5-13-10)12-9(20)8(19)7(4-18)21-12/h3,5,7-9,12,18-20H,4H2,1-2H3/t7-,8-,9-,12?/m1/s1. The van der Waals surface area contributed by atoms with E-state index in [1.807, 2.05) is 19.0 Å². The molecule has 21 heavy (non-hydrogen) atoms. The number of aromatic nitrogens is 4. The predicted octanol–water partition coefficient (Wildman–Crippen LogP) is -1.50. The van der Waals surface area contributed by atoms with Gasteiger partial charge in [0.15, 0.2) is 11.9 Å². The van der Waals surface area contributed by atoms with Gasteiger partial charge in [0.2, 0.25) is 0 Å². The molecule has 9 nitrogen and oxygen atoms in total. The van der Waals surface area contributed by atoms with Crippen LogP contribution in [0.2, 0.25) is 0 Å². The Kier molecular flexibility index (Phi) is 3.49. The predicted molar refractivity (Wildman–Crippen MR) is 72.7 cm³/mol. The van der Waals surface area contributed by atoms with Crippen molar-refractivity contribution in [1.82, 2.24) is 19.7 Å². The minimum absolute atomic E-state index is 0.383. The van der Waals surface area contributed by atoms with E-state index in [1.54, 1.807) is 6.20 Å². The molecule has 9 heteroatoms. The molecule has 4 atom stereocenters. The molecule has 0 amide bonds. The molecule has 2 aromatic rings. The fourth-order valence-corrected chi connectivity index (χ4v) is 2.47. The van der Waals surface area contributed by atoms with Crippen molar-refractivity contribution >= 4 is 16.9 Å². The van der Waals surface area contributed by atoms with Crippen LogP contribution in [0.15, 0.2) is 12.5 Å². The van der Waals surface area contributed by atoms with Crippen molar-refractivity contribution in [3.05, 3.63) is 12.5 Å². The summed E-state index contributed by atoms with van der Waals surface area (Å²) < 4.78 is 6.86. The minimum Gasteiger partial charge on any atom is -0.394 e. The van der Waals surface area contributed by atoms with Crippen LogP contribution in [0.3, 0.4) is 0 Å². The molecule has 0 aromatic carbocycles. The van der Waals surface area contributed by atoms with Crippen molar-refractivity contribution < 1.29 is 20.1 Å². The normalized spacial score (nSPS) is 29.2. The second-order valence-electron chi connectivity index (χ2n) is 5.15. The van der Waals surface area contributed by atoms with Crippen molar-refractivity contribution in [2.45, 2.75) is 24.5 Å². The molecule has 0 spiro atoms. The molecule has 3 heterocycles. The van der Waals surface area contributed by atoms with Crippen LogP contribution < -0.4 is 4.90 Å². The first-order chi connectivity index (χ1) is 10.0. The Morgan fingerprint density at radius 1 is 1.29 bits per heavy atom. The minimum atomic E-state index is -1.19. The van der Waals surface area contributed by atoms with Crippen LogP contribution >= 0.6 is 0 Å². The molecule has 0 aliphatic carbocycles. The quantitative estimate of drug-likeness (QED) is 0.626. The summed E-state index contributed by atoms with van der Waals surface area (Å²) in [5.41, 5.74) is 0.489. The fourth-order valence-electron chi connectivity index (χ4n) is 2.47. The maximum Gasteiger partial charge on any atom is 0.181 e. The summed E-state index contributed by atoms with van der Waals surface area (Å²) in [4.78, 5) is 10.2. The third-order valence-corrected chi connectivity index (χ3v) is 3.55. The SMILES string of the molecule is CN(C)c1ncnc2c1cnn2C1O[C@H](CO)[C@@H](O)[C@H]1O. The summed E-state index contributed by atoms with van der Waals surface area (Å²) in [5.74, 6) is 0.693. The topological polar surface area (TPSA) is 117 Å². The summed E-state index contributed by atoms with van der Waals surface area (Å²) >= 11 is 0. The number of nitrogens with zero attached hydrogens (tertiary/aromatic N) is 5. The number of ether oxygens (including phenoxy) is 1. The zero-order chi connectivity index (χ0) is 15.1. The van der Waals surface area contributed by atoms with Crippen LogP contribution in [0.4, 0.5) is 5.82 Å². The smallest absolute Gasteiger partial charge is 0.181 e. The molecular formula is C12H17N5O4. The monoisotopic (exact) mass is 295 g/mol. The highest BCUT2D eigenvalue weighted by atomic mass is 16.6. The molecule has 1 aliphatic rings. The zero-order valence-corrected chi connectivity index (χ0v) is 11.7. The fraction of sp³-hybridized carbons (Fsp3) is 0.583. The molecule has 0 bridgehead atoms. The van der Waals surface area contributed by atoms with Crippen molar-refractivity contribution in [3.63, 3.8) is 0 Å². The van der Waals surface area contributed by atoms with Gasteiger partial charge in [-0.3, -0.25) is 0 Å². The van der Waals surface area contributed by atoms with Crippen LogP contribution in [-0.2, 0) is 4.74 Å². The summed E-state index contributed by atoms with van der Waals surface area (Å²) in [7, 11) is 3.71. The molecule has 1 saturated heterocycles. The summed E-state index contributed by atoms with van der Waals surface area (Å²) in [6, 6.07) is 0. The van der Waals surface area contributed by atoms with Crippen LogP contribution in [0, 0.1) is 0 Å². The third kappa shape index (κ3) is 2.14. The Morgan fingerprint density at radius 2 is 2.05 bits per heavy atom. The first kappa shape index (κ1) is 14.1. The molecule has 0 radical (unpaired) electrons. The van der Waals surface area contributed by atoms with Gasteiger partial charge in [0.25, 0.3) is 0 Å². The molecule has 3 rings (SSSR count). The number of hydrogen-bond acceptors (Lipinski definition) is 8. The number of fused-ring (bicyclic) bond motifs is 1. The number of hydrogen-bond donors (Lipinski definition) is 3. The van der Waals surface area contributed by atoms with E-state index in [2.05, 4.69) is 15.1 Å². The largest absolute Gasteiger partial charge is 0.394 e. The van der Waals surface area contributed by atoms with Gasteiger partial charge in [-0.1, -0.05) is 0 Å². The molecule has 0 saturated carbocycles. The van der Waals surface area contributed by atoms with Gasteiger partial charge in [-0.15, -0.1) is 0 Å². The molecule has 3 N–H and O–H groups in total. The van der Waals surface area contributed by atoms with E-state index in [0.29, 0.717) is 16.9 Å². The number of anilines is 1. The molecule has 1 fully saturated rings. The lowest BCUT2D eigenvalue weighted by molar-refractivity contribution is -0.0566. The van der Waals surface area contributed by atoms with Crippen molar-refractivity contribution in [3.8, 4) is 0 Å². The van der Waals surface area contributed by atoms with Gasteiger partial charge >= 0.3 is 0 Å². The average molecular weight is 295 g/mol. The molecule has 2 aromatic heterocycles. The highest BCUT2D eigenvalue weighted by molar-refractivity contribution is 5.86. The van der Waals surface area contributed by atoms with Crippen LogP contribution in [0.25, 0.3) is 11.0 Å². The highest BCUT2D eigenvalue weighted by Gasteiger charge is 2.44. The van der Waals surface area contributed by atoms with E-state index in [0.717, 1.165) is 0 Å².